The Balaban J connectivity index is 0.00000121. The molecule has 0 aromatic heterocycles. The summed E-state index contributed by atoms with van der Waals surface area (Å²) < 4.78 is 4.79. The third-order valence-electron chi connectivity index (χ3n) is 2.00. The fraction of sp³-hybridized carbons (Fsp3) is 0.625. The van der Waals surface area contributed by atoms with E-state index in [-0.39, 0.29) is 24.3 Å². The van der Waals surface area contributed by atoms with Crippen molar-refractivity contribution < 1.29 is 9.53 Å². The Hall–Kier alpha value is -0.540. The number of carbonyl (C=O) groups is 1. The zero-order valence-corrected chi connectivity index (χ0v) is 7.89. The first-order valence-corrected chi connectivity index (χ1v) is 3.73. The predicted molar refractivity (Wildman–Crippen MR) is 49.1 cm³/mol. The highest BCUT2D eigenvalue weighted by Crippen LogP contribution is 2.42. The van der Waals surface area contributed by atoms with Crippen LogP contribution in [0.1, 0.15) is 13.3 Å². The minimum Gasteiger partial charge on any atom is -0.465 e. The molecule has 1 aliphatic rings. The van der Waals surface area contributed by atoms with Gasteiger partial charge in [0, 0.05) is 5.92 Å². The number of nitrogens with two attached hydrogens (primary N) is 1. The van der Waals surface area contributed by atoms with Gasteiger partial charge in [-0.25, -0.2) is 0 Å². The van der Waals surface area contributed by atoms with Crippen LogP contribution < -0.4 is 5.73 Å². The lowest BCUT2D eigenvalue weighted by molar-refractivity contribution is -0.146. The van der Waals surface area contributed by atoms with Crippen LogP contribution in [0.3, 0.4) is 0 Å². The van der Waals surface area contributed by atoms with Gasteiger partial charge in [0.2, 0.25) is 0 Å². The third-order valence-corrected chi connectivity index (χ3v) is 2.00. The molecule has 0 aliphatic heterocycles. The Bertz CT molecular complexity index is 195. The second-order valence-electron chi connectivity index (χ2n) is 2.81. The Labute approximate surface area is 78.4 Å². The summed E-state index contributed by atoms with van der Waals surface area (Å²) in [4.78, 5) is 11.1. The van der Waals surface area contributed by atoms with Crippen LogP contribution in [0.5, 0.6) is 0 Å². The fourth-order valence-electron chi connectivity index (χ4n) is 1.10. The van der Waals surface area contributed by atoms with Crippen LogP contribution >= 0.6 is 12.4 Å². The van der Waals surface area contributed by atoms with Crippen LogP contribution in [0.15, 0.2) is 12.7 Å². The van der Waals surface area contributed by atoms with Crippen LogP contribution in [0.25, 0.3) is 0 Å². The Morgan fingerprint density at radius 2 is 2.50 bits per heavy atom. The van der Waals surface area contributed by atoms with E-state index in [1.807, 2.05) is 0 Å². The van der Waals surface area contributed by atoms with Crippen molar-refractivity contribution in [1.29, 1.82) is 0 Å². The molecular formula is C8H14ClNO2. The molecule has 2 N–H and O–H groups in total. The largest absolute Gasteiger partial charge is 0.465 e. The van der Waals surface area contributed by atoms with Gasteiger partial charge in [-0.1, -0.05) is 6.08 Å². The highest BCUT2D eigenvalue weighted by molar-refractivity contribution is 5.85. The molecule has 1 saturated carbocycles. The van der Waals surface area contributed by atoms with Crippen molar-refractivity contribution in [2.24, 2.45) is 11.7 Å². The van der Waals surface area contributed by atoms with Gasteiger partial charge >= 0.3 is 5.97 Å². The summed E-state index contributed by atoms with van der Waals surface area (Å²) in [6, 6.07) is 0. The fourth-order valence-corrected chi connectivity index (χ4v) is 1.10. The maximum absolute atomic E-state index is 11.1. The van der Waals surface area contributed by atoms with Crippen LogP contribution in [0.4, 0.5) is 0 Å². The minimum atomic E-state index is -0.752. The molecule has 1 rings (SSSR count). The molecule has 0 saturated heterocycles. The second-order valence-corrected chi connectivity index (χ2v) is 2.81. The van der Waals surface area contributed by atoms with Crippen molar-refractivity contribution in [3.63, 3.8) is 0 Å². The predicted octanol–water partition coefficient (Wildman–Crippen LogP) is 0.875. The molecule has 0 aromatic carbocycles. The molecule has 12 heavy (non-hydrogen) atoms. The molecule has 2 atom stereocenters. The number of hydrogen-bond donors (Lipinski definition) is 1. The lowest BCUT2D eigenvalue weighted by Gasteiger charge is -2.07. The van der Waals surface area contributed by atoms with E-state index in [0.717, 1.165) is 0 Å². The van der Waals surface area contributed by atoms with E-state index in [4.69, 9.17) is 10.5 Å². The third kappa shape index (κ3) is 1.79. The van der Waals surface area contributed by atoms with Crippen molar-refractivity contribution in [3.8, 4) is 0 Å². The Morgan fingerprint density at radius 3 is 2.83 bits per heavy atom. The lowest BCUT2D eigenvalue weighted by Crippen LogP contribution is -2.36. The summed E-state index contributed by atoms with van der Waals surface area (Å²) in [5, 5.41) is 0. The van der Waals surface area contributed by atoms with Crippen LogP contribution in [0.2, 0.25) is 0 Å². The second kappa shape index (κ2) is 3.92. The van der Waals surface area contributed by atoms with Gasteiger partial charge in [-0.15, -0.1) is 19.0 Å². The number of rotatable bonds is 3. The van der Waals surface area contributed by atoms with E-state index in [9.17, 15) is 4.79 Å². The summed E-state index contributed by atoms with van der Waals surface area (Å²) in [5.41, 5.74) is 4.93. The SMILES string of the molecule is C=CC1C[C@]1(N)C(=O)OCC.Cl. The van der Waals surface area contributed by atoms with Gasteiger partial charge in [-0.05, 0) is 13.3 Å². The van der Waals surface area contributed by atoms with E-state index in [1.165, 1.54) is 0 Å². The molecule has 4 heteroatoms. The molecule has 3 nitrogen and oxygen atoms in total. The molecule has 0 bridgehead atoms. The molecule has 1 unspecified atom stereocenters. The molecular weight excluding hydrogens is 178 g/mol. The average molecular weight is 192 g/mol. The van der Waals surface area contributed by atoms with Crippen LogP contribution in [0, 0.1) is 5.92 Å². The molecule has 0 heterocycles. The number of ether oxygens (including phenoxy) is 1. The summed E-state index contributed by atoms with van der Waals surface area (Å²) in [6.45, 7) is 5.73. The van der Waals surface area contributed by atoms with Gasteiger partial charge in [0.05, 0.1) is 6.61 Å². The maximum atomic E-state index is 11.1. The summed E-state index contributed by atoms with van der Waals surface area (Å²) in [6.07, 6.45) is 2.38. The first-order valence-electron chi connectivity index (χ1n) is 3.73. The van der Waals surface area contributed by atoms with E-state index in [2.05, 4.69) is 6.58 Å². The van der Waals surface area contributed by atoms with Gasteiger partial charge < -0.3 is 10.5 Å². The quantitative estimate of drug-likeness (QED) is 0.532. The molecule has 0 aromatic rings. The first-order chi connectivity index (χ1) is 5.15. The first kappa shape index (κ1) is 11.5. The van der Waals surface area contributed by atoms with Crippen molar-refractivity contribution in [2.45, 2.75) is 18.9 Å². The van der Waals surface area contributed by atoms with Crippen molar-refractivity contribution in [3.05, 3.63) is 12.7 Å². The number of halogens is 1. The number of carbonyl (C=O) groups excluding carboxylic acids is 1. The van der Waals surface area contributed by atoms with Gasteiger partial charge in [0.15, 0.2) is 0 Å². The standard InChI is InChI=1S/C8H13NO2.ClH/c1-3-6-5-8(6,9)7(10)11-4-2;/h3,6H,1,4-5,9H2,2H3;1H/t6?,8-;/m1./s1. The zero-order valence-electron chi connectivity index (χ0n) is 7.08. The number of hydrogen-bond acceptors (Lipinski definition) is 3. The molecule has 1 fully saturated rings. The smallest absolute Gasteiger partial charge is 0.326 e. The molecule has 0 radical (unpaired) electrons. The maximum Gasteiger partial charge on any atom is 0.326 e. The van der Waals surface area contributed by atoms with E-state index in [0.29, 0.717) is 13.0 Å². The molecule has 1 aliphatic carbocycles. The lowest BCUT2D eigenvalue weighted by atomic mass is 10.2. The summed E-state index contributed by atoms with van der Waals surface area (Å²) in [5.74, 6) is -0.188. The minimum absolute atomic E-state index is 0. The van der Waals surface area contributed by atoms with Crippen molar-refractivity contribution >= 4 is 18.4 Å². The van der Waals surface area contributed by atoms with E-state index < -0.39 is 5.54 Å². The van der Waals surface area contributed by atoms with E-state index in [1.54, 1.807) is 13.0 Å². The van der Waals surface area contributed by atoms with Gasteiger partial charge in [0.25, 0.3) is 0 Å². The van der Waals surface area contributed by atoms with Gasteiger partial charge in [0.1, 0.15) is 5.54 Å². The normalized spacial score (nSPS) is 31.7. The molecule has 70 valence electrons. The monoisotopic (exact) mass is 191 g/mol. The molecule has 0 amide bonds. The topological polar surface area (TPSA) is 52.3 Å². The highest BCUT2D eigenvalue weighted by Gasteiger charge is 2.56. The van der Waals surface area contributed by atoms with Gasteiger partial charge in [-0.2, -0.15) is 0 Å². The van der Waals surface area contributed by atoms with E-state index >= 15 is 0 Å². The highest BCUT2D eigenvalue weighted by atomic mass is 35.5. The molecule has 0 spiro atoms. The Morgan fingerprint density at radius 1 is 1.92 bits per heavy atom. The number of esters is 1. The average Bonchev–Trinajstić information content (AvgIpc) is 2.64. The summed E-state index contributed by atoms with van der Waals surface area (Å²) in [7, 11) is 0. The van der Waals surface area contributed by atoms with Crippen molar-refractivity contribution in [1.82, 2.24) is 0 Å². The van der Waals surface area contributed by atoms with Gasteiger partial charge in [-0.3, -0.25) is 4.79 Å². The Kier molecular flexibility index (Phi) is 3.74. The zero-order chi connectivity index (χ0) is 8.48. The summed E-state index contributed by atoms with van der Waals surface area (Å²) >= 11 is 0. The van der Waals surface area contributed by atoms with Crippen LogP contribution in [-0.4, -0.2) is 18.1 Å². The van der Waals surface area contributed by atoms with Crippen LogP contribution in [-0.2, 0) is 9.53 Å². The van der Waals surface area contributed by atoms with Crippen molar-refractivity contribution in [2.75, 3.05) is 6.61 Å².